The molecule has 0 radical (unpaired) electrons. The summed E-state index contributed by atoms with van der Waals surface area (Å²) in [6.07, 6.45) is 0. The lowest BCUT2D eigenvalue weighted by Gasteiger charge is -2.30. The zero-order valence-corrected chi connectivity index (χ0v) is 9.69. The average molecular weight is 225 g/mol. The van der Waals surface area contributed by atoms with Crippen molar-refractivity contribution < 1.29 is 13.9 Å². The standard InChI is InChI=1S/C10H15N3O3/c1-4-15-10(14)9-11-7-5-12(2)13(3)6-8(7)16-9/h4-6H2,1-3H3. The fraction of sp³-hybridized carbons (Fsp3) is 0.600. The predicted molar refractivity (Wildman–Crippen MR) is 55.4 cm³/mol. The Morgan fingerprint density at radius 1 is 1.44 bits per heavy atom. The quantitative estimate of drug-likeness (QED) is 0.688. The van der Waals surface area contributed by atoms with Crippen LogP contribution >= 0.6 is 0 Å². The fourth-order valence-electron chi connectivity index (χ4n) is 1.58. The number of hydrogen-bond donors (Lipinski definition) is 0. The minimum absolute atomic E-state index is 0.0514. The number of hydrazine groups is 1. The van der Waals surface area contributed by atoms with Crippen LogP contribution in [0.15, 0.2) is 4.42 Å². The fourth-order valence-corrected chi connectivity index (χ4v) is 1.58. The number of hydrogen-bond acceptors (Lipinski definition) is 6. The van der Waals surface area contributed by atoms with Crippen molar-refractivity contribution in [3.63, 3.8) is 0 Å². The minimum Gasteiger partial charge on any atom is -0.459 e. The number of oxazole rings is 1. The van der Waals surface area contributed by atoms with E-state index in [2.05, 4.69) is 4.98 Å². The first kappa shape index (κ1) is 11.1. The summed E-state index contributed by atoms with van der Waals surface area (Å²) in [6, 6.07) is 0. The van der Waals surface area contributed by atoms with Crippen LogP contribution in [0.3, 0.4) is 0 Å². The lowest BCUT2D eigenvalue weighted by atomic mass is 10.3. The highest BCUT2D eigenvalue weighted by atomic mass is 16.5. The molecule has 0 atom stereocenters. The molecule has 0 spiro atoms. The van der Waals surface area contributed by atoms with E-state index >= 15 is 0 Å². The van der Waals surface area contributed by atoms with Gasteiger partial charge in [-0.25, -0.2) is 19.8 Å². The Kier molecular flexibility index (Phi) is 2.93. The topological polar surface area (TPSA) is 58.8 Å². The Morgan fingerprint density at radius 3 is 2.81 bits per heavy atom. The molecule has 1 aliphatic heterocycles. The van der Waals surface area contributed by atoms with E-state index in [1.165, 1.54) is 0 Å². The first-order valence-corrected chi connectivity index (χ1v) is 5.19. The number of rotatable bonds is 2. The second kappa shape index (κ2) is 4.23. The first-order chi connectivity index (χ1) is 7.61. The second-order valence-corrected chi connectivity index (χ2v) is 3.74. The molecule has 0 N–H and O–H groups in total. The molecule has 0 saturated heterocycles. The van der Waals surface area contributed by atoms with Crippen molar-refractivity contribution >= 4 is 5.97 Å². The zero-order chi connectivity index (χ0) is 11.7. The molecule has 16 heavy (non-hydrogen) atoms. The first-order valence-electron chi connectivity index (χ1n) is 5.19. The van der Waals surface area contributed by atoms with E-state index in [1.807, 2.05) is 24.1 Å². The average Bonchev–Trinajstić information content (AvgIpc) is 2.62. The van der Waals surface area contributed by atoms with E-state index in [4.69, 9.17) is 9.15 Å². The third kappa shape index (κ3) is 1.94. The Bertz CT molecular complexity index is 375. The van der Waals surface area contributed by atoms with Gasteiger partial charge in [0.15, 0.2) is 0 Å². The van der Waals surface area contributed by atoms with Crippen LogP contribution in [-0.2, 0) is 17.8 Å². The Balaban J connectivity index is 2.21. The smallest absolute Gasteiger partial charge is 0.394 e. The summed E-state index contributed by atoms with van der Waals surface area (Å²) >= 11 is 0. The molecule has 0 unspecified atom stereocenters. The van der Waals surface area contributed by atoms with Gasteiger partial charge >= 0.3 is 11.9 Å². The van der Waals surface area contributed by atoms with E-state index in [9.17, 15) is 4.79 Å². The SMILES string of the molecule is CCOC(=O)c1nc2c(o1)CN(C)N(C)C2. The van der Waals surface area contributed by atoms with Crippen molar-refractivity contribution in [3.8, 4) is 0 Å². The van der Waals surface area contributed by atoms with Crippen LogP contribution in [0.4, 0.5) is 0 Å². The van der Waals surface area contributed by atoms with Gasteiger partial charge in [0, 0.05) is 14.1 Å². The molecule has 1 aliphatic rings. The maximum Gasteiger partial charge on any atom is 0.394 e. The molecule has 2 rings (SSSR count). The molecule has 0 amide bonds. The summed E-state index contributed by atoms with van der Waals surface area (Å²) in [7, 11) is 3.91. The van der Waals surface area contributed by atoms with Crippen LogP contribution in [0.25, 0.3) is 0 Å². The van der Waals surface area contributed by atoms with Gasteiger partial charge in [0.25, 0.3) is 0 Å². The molecule has 0 aromatic carbocycles. The van der Waals surface area contributed by atoms with Crippen molar-refractivity contribution in [3.05, 3.63) is 17.3 Å². The Morgan fingerprint density at radius 2 is 2.12 bits per heavy atom. The summed E-state index contributed by atoms with van der Waals surface area (Å²) in [4.78, 5) is 15.6. The summed E-state index contributed by atoms with van der Waals surface area (Å²) in [5.41, 5.74) is 0.809. The van der Waals surface area contributed by atoms with Crippen molar-refractivity contribution in [1.29, 1.82) is 0 Å². The van der Waals surface area contributed by atoms with Gasteiger partial charge in [0.1, 0.15) is 5.76 Å². The highest BCUT2D eigenvalue weighted by Crippen LogP contribution is 2.21. The number of carbonyl (C=O) groups is 1. The van der Waals surface area contributed by atoms with Crippen LogP contribution < -0.4 is 0 Å². The van der Waals surface area contributed by atoms with Crippen molar-refractivity contribution in [1.82, 2.24) is 15.0 Å². The third-order valence-electron chi connectivity index (χ3n) is 2.56. The molecule has 6 nitrogen and oxygen atoms in total. The molecule has 0 bridgehead atoms. The van der Waals surface area contributed by atoms with Crippen LogP contribution in [0.5, 0.6) is 0 Å². The van der Waals surface area contributed by atoms with E-state index < -0.39 is 5.97 Å². The van der Waals surface area contributed by atoms with Crippen molar-refractivity contribution in [2.45, 2.75) is 20.0 Å². The summed E-state index contributed by atoms with van der Waals surface area (Å²) in [5, 5.41) is 4.02. The van der Waals surface area contributed by atoms with Gasteiger partial charge in [0.05, 0.1) is 25.4 Å². The number of ether oxygens (including phenoxy) is 1. The Hall–Kier alpha value is -1.40. The number of carbonyl (C=O) groups excluding carboxylic acids is 1. The van der Waals surface area contributed by atoms with Crippen molar-refractivity contribution in [2.24, 2.45) is 0 Å². The maximum absolute atomic E-state index is 11.4. The molecule has 6 heteroatoms. The minimum atomic E-state index is -0.498. The predicted octanol–water partition coefficient (Wildman–Crippen LogP) is 0.643. The molecule has 88 valence electrons. The normalized spacial score (nSPS) is 17.2. The Labute approximate surface area is 93.8 Å². The van der Waals surface area contributed by atoms with Gasteiger partial charge in [-0.15, -0.1) is 0 Å². The zero-order valence-electron chi connectivity index (χ0n) is 9.69. The second-order valence-electron chi connectivity index (χ2n) is 3.74. The molecule has 0 fully saturated rings. The van der Waals surface area contributed by atoms with Crippen LogP contribution in [0.1, 0.15) is 29.1 Å². The molecule has 0 aliphatic carbocycles. The number of fused-ring (bicyclic) bond motifs is 1. The molecular weight excluding hydrogens is 210 g/mol. The van der Waals surface area contributed by atoms with Gasteiger partial charge in [-0.1, -0.05) is 0 Å². The monoisotopic (exact) mass is 225 g/mol. The molecule has 1 aromatic rings. The van der Waals surface area contributed by atoms with Crippen LogP contribution in [-0.4, -0.2) is 41.7 Å². The number of aromatic nitrogens is 1. The van der Waals surface area contributed by atoms with Gasteiger partial charge in [0.2, 0.25) is 0 Å². The molecule has 1 aromatic heterocycles. The third-order valence-corrected chi connectivity index (χ3v) is 2.56. The summed E-state index contributed by atoms with van der Waals surface area (Å²) in [6.45, 7) is 3.35. The van der Waals surface area contributed by atoms with E-state index in [0.717, 1.165) is 11.5 Å². The largest absolute Gasteiger partial charge is 0.459 e. The van der Waals surface area contributed by atoms with E-state index in [1.54, 1.807) is 6.92 Å². The highest BCUT2D eigenvalue weighted by Gasteiger charge is 2.26. The lowest BCUT2D eigenvalue weighted by Crippen LogP contribution is -2.39. The highest BCUT2D eigenvalue weighted by molar-refractivity contribution is 5.84. The van der Waals surface area contributed by atoms with E-state index in [-0.39, 0.29) is 5.89 Å². The summed E-state index contributed by atoms with van der Waals surface area (Å²) in [5.74, 6) is 0.293. The maximum atomic E-state index is 11.4. The van der Waals surface area contributed by atoms with Gasteiger partial charge in [-0.2, -0.15) is 0 Å². The van der Waals surface area contributed by atoms with E-state index in [0.29, 0.717) is 19.7 Å². The van der Waals surface area contributed by atoms with Gasteiger partial charge in [-0.05, 0) is 6.92 Å². The summed E-state index contributed by atoms with van der Waals surface area (Å²) < 4.78 is 10.2. The molecule has 0 saturated carbocycles. The van der Waals surface area contributed by atoms with Gasteiger partial charge < -0.3 is 9.15 Å². The molecule has 2 heterocycles. The van der Waals surface area contributed by atoms with Gasteiger partial charge in [-0.3, -0.25) is 0 Å². The molecular formula is C10H15N3O3. The number of nitrogens with zero attached hydrogens (tertiary/aromatic N) is 3. The van der Waals surface area contributed by atoms with Crippen molar-refractivity contribution in [2.75, 3.05) is 20.7 Å². The van der Waals surface area contributed by atoms with Crippen LogP contribution in [0, 0.1) is 0 Å². The van der Waals surface area contributed by atoms with Crippen LogP contribution in [0.2, 0.25) is 0 Å². The number of esters is 1. The lowest BCUT2D eigenvalue weighted by molar-refractivity contribution is -0.0104.